The molecule has 0 spiro atoms. The van der Waals surface area contributed by atoms with Gasteiger partial charge in [-0.15, -0.1) is 0 Å². The van der Waals surface area contributed by atoms with Gasteiger partial charge >= 0.3 is 0 Å². The van der Waals surface area contributed by atoms with Gasteiger partial charge in [0.2, 0.25) is 5.88 Å². The van der Waals surface area contributed by atoms with E-state index >= 15 is 0 Å². The zero-order valence-corrected chi connectivity index (χ0v) is 14.2. The van der Waals surface area contributed by atoms with Crippen molar-refractivity contribution in [2.75, 3.05) is 7.11 Å². The molecule has 3 aromatic rings. The Labute approximate surface area is 145 Å². The third-order valence-electron chi connectivity index (χ3n) is 3.71. The molecule has 2 aromatic carbocycles. The average Bonchev–Trinajstić information content (AvgIpc) is 2.59. The maximum atomic E-state index is 12.3. The number of hydrogen-bond acceptors (Lipinski definition) is 3. The zero-order valence-electron chi connectivity index (χ0n) is 13.4. The Bertz CT molecular complexity index is 930. The molecule has 0 atom stereocenters. The lowest BCUT2D eigenvalue weighted by Crippen LogP contribution is -1.95. The molecule has 4 heteroatoms. The number of nitrogens with zero attached hydrogens (tertiary/aromatic N) is 1. The van der Waals surface area contributed by atoms with Crippen LogP contribution in [0.4, 0.5) is 0 Å². The number of fused-ring (bicyclic) bond motifs is 1. The number of halogens is 1. The monoisotopic (exact) mass is 337 g/mol. The van der Waals surface area contributed by atoms with Crippen molar-refractivity contribution >= 4 is 34.4 Å². The first-order valence-electron chi connectivity index (χ1n) is 7.50. The second-order valence-electron chi connectivity index (χ2n) is 5.49. The first kappa shape index (κ1) is 16.2. The van der Waals surface area contributed by atoms with Crippen molar-refractivity contribution in [1.29, 1.82) is 0 Å². The number of aryl methyl sites for hydroxylation is 1. The standard InChI is InChI=1S/C20H16ClNO2/c1-13-3-5-14(6-4-13)19(23)10-7-15-11-16-12-17(21)8-9-18(16)22-20(15)24-2/h3-12H,1-2H3. The normalized spacial score (nSPS) is 11.1. The molecule has 0 saturated carbocycles. The van der Waals surface area contributed by atoms with Crippen molar-refractivity contribution in [1.82, 2.24) is 4.98 Å². The molecule has 3 rings (SSSR count). The molecule has 120 valence electrons. The summed E-state index contributed by atoms with van der Waals surface area (Å²) in [4.78, 5) is 16.7. The van der Waals surface area contributed by atoms with Crippen LogP contribution in [0.1, 0.15) is 21.5 Å². The summed E-state index contributed by atoms with van der Waals surface area (Å²) >= 11 is 6.03. The first-order valence-corrected chi connectivity index (χ1v) is 7.88. The summed E-state index contributed by atoms with van der Waals surface area (Å²) in [6.45, 7) is 1.99. The van der Waals surface area contributed by atoms with Crippen molar-refractivity contribution in [3.05, 3.63) is 76.3 Å². The molecule has 24 heavy (non-hydrogen) atoms. The molecule has 0 amide bonds. The first-order chi connectivity index (χ1) is 11.6. The number of allylic oxidation sites excluding steroid dienone is 1. The lowest BCUT2D eigenvalue weighted by molar-refractivity contribution is 0.104. The van der Waals surface area contributed by atoms with Crippen LogP contribution in [0.3, 0.4) is 0 Å². The number of hydrogen-bond donors (Lipinski definition) is 0. The zero-order chi connectivity index (χ0) is 17.1. The molecule has 0 bridgehead atoms. The molecular formula is C20H16ClNO2. The Morgan fingerprint density at radius 3 is 2.58 bits per heavy atom. The Hall–Kier alpha value is -2.65. The largest absolute Gasteiger partial charge is 0.481 e. The summed E-state index contributed by atoms with van der Waals surface area (Å²) in [5, 5.41) is 1.53. The highest BCUT2D eigenvalue weighted by Crippen LogP contribution is 2.25. The van der Waals surface area contributed by atoms with E-state index in [0.29, 0.717) is 16.5 Å². The number of carbonyl (C=O) groups is 1. The molecule has 0 aliphatic carbocycles. The van der Waals surface area contributed by atoms with E-state index in [0.717, 1.165) is 22.0 Å². The smallest absolute Gasteiger partial charge is 0.221 e. The van der Waals surface area contributed by atoms with Gasteiger partial charge in [-0.05, 0) is 43.3 Å². The molecule has 1 aromatic heterocycles. The third kappa shape index (κ3) is 3.47. The van der Waals surface area contributed by atoms with Gasteiger partial charge in [-0.3, -0.25) is 4.79 Å². The van der Waals surface area contributed by atoms with Crippen molar-refractivity contribution in [3.8, 4) is 5.88 Å². The van der Waals surface area contributed by atoms with Gasteiger partial charge < -0.3 is 4.74 Å². The van der Waals surface area contributed by atoms with Gasteiger partial charge in [0.05, 0.1) is 12.6 Å². The van der Waals surface area contributed by atoms with Gasteiger partial charge in [-0.2, -0.15) is 0 Å². The molecule has 3 nitrogen and oxygen atoms in total. The van der Waals surface area contributed by atoms with Crippen molar-refractivity contribution in [2.24, 2.45) is 0 Å². The summed E-state index contributed by atoms with van der Waals surface area (Å²) in [5.41, 5.74) is 3.28. The molecule has 0 fully saturated rings. The number of pyridine rings is 1. The number of ether oxygens (including phenoxy) is 1. The fourth-order valence-electron chi connectivity index (χ4n) is 2.41. The van der Waals surface area contributed by atoms with E-state index in [4.69, 9.17) is 16.3 Å². The van der Waals surface area contributed by atoms with Crippen LogP contribution in [0, 0.1) is 6.92 Å². The van der Waals surface area contributed by atoms with Crippen LogP contribution in [-0.2, 0) is 0 Å². The predicted molar refractivity (Wildman–Crippen MR) is 97.8 cm³/mol. The van der Waals surface area contributed by atoms with E-state index in [2.05, 4.69) is 4.98 Å². The van der Waals surface area contributed by atoms with E-state index in [-0.39, 0.29) is 5.78 Å². The van der Waals surface area contributed by atoms with Crippen LogP contribution in [-0.4, -0.2) is 17.9 Å². The van der Waals surface area contributed by atoms with Gasteiger partial charge in [-0.25, -0.2) is 4.98 Å². The number of aromatic nitrogens is 1. The maximum Gasteiger partial charge on any atom is 0.221 e. The quantitative estimate of drug-likeness (QED) is 0.491. The third-order valence-corrected chi connectivity index (χ3v) is 3.95. The predicted octanol–water partition coefficient (Wildman–Crippen LogP) is 5.10. The Balaban J connectivity index is 1.95. The minimum atomic E-state index is -0.0664. The van der Waals surface area contributed by atoms with Gasteiger partial charge in [-0.1, -0.05) is 41.4 Å². The SMILES string of the molecule is COc1nc2ccc(Cl)cc2cc1C=CC(=O)c1ccc(C)cc1. The molecule has 0 N–H and O–H groups in total. The van der Waals surface area contributed by atoms with Gasteiger partial charge in [0, 0.05) is 21.5 Å². The summed E-state index contributed by atoms with van der Waals surface area (Å²) < 4.78 is 5.33. The molecule has 0 aliphatic heterocycles. The molecular weight excluding hydrogens is 322 g/mol. The minimum Gasteiger partial charge on any atom is -0.481 e. The van der Waals surface area contributed by atoms with Crippen molar-refractivity contribution in [3.63, 3.8) is 0 Å². The van der Waals surface area contributed by atoms with Gasteiger partial charge in [0.15, 0.2) is 5.78 Å². The summed E-state index contributed by atoms with van der Waals surface area (Å²) in [5.74, 6) is 0.404. The van der Waals surface area contributed by atoms with Crippen LogP contribution >= 0.6 is 11.6 Å². The van der Waals surface area contributed by atoms with E-state index in [1.165, 1.54) is 6.08 Å². The number of benzene rings is 2. The number of rotatable bonds is 4. The highest BCUT2D eigenvalue weighted by Gasteiger charge is 2.07. The number of carbonyl (C=O) groups excluding carboxylic acids is 1. The van der Waals surface area contributed by atoms with E-state index in [1.807, 2.05) is 49.4 Å². The lowest BCUT2D eigenvalue weighted by Gasteiger charge is -2.06. The average molecular weight is 338 g/mol. The van der Waals surface area contributed by atoms with Crippen LogP contribution in [0.25, 0.3) is 17.0 Å². The molecule has 0 radical (unpaired) electrons. The maximum absolute atomic E-state index is 12.3. The summed E-state index contributed by atoms with van der Waals surface area (Å²) in [7, 11) is 1.56. The second kappa shape index (κ2) is 6.85. The van der Waals surface area contributed by atoms with E-state index < -0.39 is 0 Å². The summed E-state index contributed by atoms with van der Waals surface area (Å²) in [6, 6.07) is 14.8. The molecule has 1 heterocycles. The van der Waals surface area contributed by atoms with Crippen LogP contribution in [0.2, 0.25) is 5.02 Å². The minimum absolute atomic E-state index is 0.0664. The molecule has 0 aliphatic rings. The Morgan fingerprint density at radius 1 is 1.12 bits per heavy atom. The topological polar surface area (TPSA) is 39.2 Å². The number of methoxy groups -OCH3 is 1. The van der Waals surface area contributed by atoms with E-state index in [1.54, 1.807) is 19.3 Å². The van der Waals surface area contributed by atoms with E-state index in [9.17, 15) is 4.79 Å². The molecule has 0 saturated heterocycles. The fraction of sp³-hybridized carbons (Fsp3) is 0.100. The van der Waals surface area contributed by atoms with Gasteiger partial charge in [0.1, 0.15) is 0 Å². The van der Waals surface area contributed by atoms with Crippen LogP contribution in [0.15, 0.2) is 54.6 Å². The fourth-order valence-corrected chi connectivity index (χ4v) is 2.59. The Kier molecular flexibility index (Phi) is 4.63. The second-order valence-corrected chi connectivity index (χ2v) is 5.92. The molecule has 0 unspecified atom stereocenters. The van der Waals surface area contributed by atoms with Crippen LogP contribution < -0.4 is 4.74 Å². The summed E-state index contributed by atoms with van der Waals surface area (Å²) in [6.07, 6.45) is 3.24. The van der Waals surface area contributed by atoms with Gasteiger partial charge in [0.25, 0.3) is 0 Å². The van der Waals surface area contributed by atoms with Crippen molar-refractivity contribution < 1.29 is 9.53 Å². The highest BCUT2D eigenvalue weighted by molar-refractivity contribution is 6.31. The van der Waals surface area contributed by atoms with Crippen molar-refractivity contribution in [2.45, 2.75) is 6.92 Å². The van der Waals surface area contributed by atoms with Crippen LogP contribution in [0.5, 0.6) is 5.88 Å². The number of ketones is 1. The Morgan fingerprint density at radius 2 is 1.88 bits per heavy atom. The highest BCUT2D eigenvalue weighted by atomic mass is 35.5. The lowest BCUT2D eigenvalue weighted by atomic mass is 10.1.